The van der Waals surface area contributed by atoms with E-state index in [-0.39, 0.29) is 5.76 Å². The van der Waals surface area contributed by atoms with Gasteiger partial charge in [0.25, 0.3) is 0 Å². The van der Waals surface area contributed by atoms with Gasteiger partial charge in [-0.25, -0.2) is 9.78 Å². The van der Waals surface area contributed by atoms with Gasteiger partial charge in [0, 0.05) is 0 Å². The Morgan fingerprint density at radius 1 is 1.25 bits per heavy atom. The topological polar surface area (TPSA) is 66.4 Å². The van der Waals surface area contributed by atoms with Crippen LogP contribution in [0.4, 0.5) is 0 Å². The summed E-state index contributed by atoms with van der Waals surface area (Å²) >= 11 is 0. The number of hydrogen-bond acceptors (Lipinski definition) is 6. The minimum Gasteiger partial charge on any atom is -0.483 e. The summed E-state index contributed by atoms with van der Waals surface area (Å²) in [6.45, 7) is 4.91. The van der Waals surface area contributed by atoms with E-state index in [4.69, 9.17) is 4.43 Å². The molecule has 0 radical (unpaired) electrons. The van der Waals surface area contributed by atoms with Crippen LogP contribution in [0.5, 0.6) is 0 Å². The fourth-order valence-electron chi connectivity index (χ4n) is 0.479. The zero-order valence-corrected chi connectivity index (χ0v) is 8.20. The number of allylic oxidation sites excluding steroid dienone is 1. The van der Waals surface area contributed by atoms with E-state index in [2.05, 4.69) is 25.5 Å². The Morgan fingerprint density at radius 3 is 1.92 bits per heavy atom. The first-order chi connectivity index (χ1) is 5.54. The van der Waals surface area contributed by atoms with Crippen molar-refractivity contribution in [1.82, 2.24) is 0 Å². The molecule has 0 unspecified atom stereocenters. The van der Waals surface area contributed by atoms with Crippen LogP contribution in [0.15, 0.2) is 12.3 Å². The van der Waals surface area contributed by atoms with Crippen molar-refractivity contribution in [2.45, 2.75) is 6.92 Å². The summed E-state index contributed by atoms with van der Waals surface area (Å²) in [4.78, 5) is 17.7. The number of hydrogen-bond donors (Lipinski definition) is 1. The van der Waals surface area contributed by atoms with E-state index in [0.717, 1.165) is 0 Å². The smallest absolute Gasteiger partial charge is 0.483 e. The Labute approximate surface area is 71.6 Å². The third kappa shape index (κ3) is 4.44. The van der Waals surface area contributed by atoms with Crippen molar-refractivity contribution in [3.05, 3.63) is 12.3 Å². The molecule has 0 heterocycles. The van der Waals surface area contributed by atoms with Gasteiger partial charge in [0.15, 0.2) is 0 Å². The van der Waals surface area contributed by atoms with Crippen LogP contribution >= 0.6 is 0 Å². The molecule has 6 nitrogen and oxygen atoms in total. The lowest BCUT2D eigenvalue weighted by molar-refractivity contribution is -0.313. The minimum absolute atomic E-state index is 0.235. The Balaban J connectivity index is 4.07. The first-order valence-corrected chi connectivity index (χ1v) is 4.72. The molecule has 0 fully saturated rings. The minimum atomic E-state index is -3.86. The predicted octanol–water partition coefficient (Wildman–Crippen LogP) is 0.120. The molecule has 0 aromatic heterocycles. The maximum absolute atomic E-state index is 9.34. The highest BCUT2D eigenvalue weighted by Crippen LogP contribution is 2.09. The Kier molecular flexibility index (Phi) is 5.05. The average molecular weight is 196 g/mol. The van der Waals surface area contributed by atoms with Crippen molar-refractivity contribution >= 4 is 9.05 Å². The molecule has 0 amide bonds. The average Bonchev–Trinajstić information content (AvgIpc) is 1.85. The van der Waals surface area contributed by atoms with Gasteiger partial charge in [-0.1, -0.05) is 6.58 Å². The van der Waals surface area contributed by atoms with E-state index >= 15 is 0 Å². The molecule has 0 spiro atoms. The molecule has 0 rings (SSSR count). The Hall–Kier alpha value is -0.443. The van der Waals surface area contributed by atoms with Gasteiger partial charge in [0.05, 0.1) is 20.0 Å². The maximum atomic E-state index is 9.34. The lowest BCUT2D eigenvalue weighted by atomic mass is 10.7. The Bertz CT molecular complexity index is 143. The summed E-state index contributed by atoms with van der Waals surface area (Å²) in [5.74, 6) is 0.235. The van der Waals surface area contributed by atoms with Gasteiger partial charge in [-0.3, -0.25) is 0 Å². The Morgan fingerprint density at radius 2 is 1.67 bits per heavy atom. The molecule has 0 aliphatic heterocycles. The van der Waals surface area contributed by atoms with Crippen LogP contribution in [0.25, 0.3) is 0 Å². The first-order valence-electron chi connectivity index (χ1n) is 3.04. The molecule has 1 N–H and O–H groups in total. The third-order valence-electron chi connectivity index (χ3n) is 0.680. The molecule has 0 aromatic rings. The highest BCUT2D eigenvalue weighted by molar-refractivity contribution is 6.51. The lowest BCUT2D eigenvalue weighted by Gasteiger charge is -2.18. The van der Waals surface area contributed by atoms with Crippen molar-refractivity contribution in [2.24, 2.45) is 0 Å². The molecule has 72 valence electrons. The van der Waals surface area contributed by atoms with E-state index in [1.54, 1.807) is 0 Å². The third-order valence-corrected chi connectivity index (χ3v) is 2.04. The molecule has 12 heavy (non-hydrogen) atoms. The van der Waals surface area contributed by atoms with Crippen LogP contribution in [0.2, 0.25) is 0 Å². The molecular formula is C5H12O6Si. The van der Waals surface area contributed by atoms with Crippen molar-refractivity contribution in [2.75, 3.05) is 14.2 Å². The second-order valence-corrected chi connectivity index (χ2v) is 3.41. The van der Waals surface area contributed by atoms with E-state index < -0.39 is 9.05 Å². The maximum Gasteiger partial charge on any atom is 0.803 e. The van der Waals surface area contributed by atoms with Gasteiger partial charge >= 0.3 is 9.05 Å². The quantitative estimate of drug-likeness (QED) is 0.282. The summed E-state index contributed by atoms with van der Waals surface area (Å²) in [6, 6.07) is 0. The molecular weight excluding hydrogens is 184 g/mol. The number of rotatable bonds is 6. The van der Waals surface area contributed by atoms with E-state index in [1.165, 1.54) is 21.1 Å². The van der Waals surface area contributed by atoms with Crippen LogP contribution in [0.3, 0.4) is 0 Å². The van der Waals surface area contributed by atoms with Gasteiger partial charge in [0.2, 0.25) is 0 Å². The van der Waals surface area contributed by atoms with Gasteiger partial charge < -0.3 is 9.22 Å². The first kappa shape index (κ1) is 11.6. The molecule has 0 bridgehead atoms. The summed E-state index contributed by atoms with van der Waals surface area (Å²) in [6.07, 6.45) is 0. The second kappa shape index (κ2) is 5.25. The zero-order chi connectivity index (χ0) is 9.61. The lowest BCUT2D eigenvalue weighted by Crippen LogP contribution is -2.45. The summed E-state index contributed by atoms with van der Waals surface area (Å²) in [5.41, 5.74) is 0. The van der Waals surface area contributed by atoms with Crippen molar-refractivity contribution in [3.8, 4) is 0 Å². The monoisotopic (exact) mass is 196 g/mol. The zero-order valence-electron chi connectivity index (χ0n) is 7.20. The molecule has 0 atom stereocenters. The summed E-state index contributed by atoms with van der Waals surface area (Å²) in [5, 5.41) is 0. The van der Waals surface area contributed by atoms with E-state index in [1.807, 2.05) is 0 Å². The normalized spacial score (nSPS) is 11.3. The van der Waals surface area contributed by atoms with Crippen LogP contribution in [0.1, 0.15) is 6.92 Å². The van der Waals surface area contributed by atoms with Gasteiger partial charge in [0.1, 0.15) is 0 Å². The van der Waals surface area contributed by atoms with Crippen LogP contribution in [0, 0.1) is 0 Å². The van der Waals surface area contributed by atoms with Gasteiger partial charge in [-0.15, -0.1) is 0 Å². The SMILES string of the molecule is C=C(C)O[Si](O)(OOC)OOC. The van der Waals surface area contributed by atoms with Crippen LogP contribution in [-0.2, 0) is 23.4 Å². The largest absolute Gasteiger partial charge is 0.803 e. The summed E-state index contributed by atoms with van der Waals surface area (Å²) < 4.78 is 13.4. The second-order valence-electron chi connectivity index (χ2n) is 1.83. The summed E-state index contributed by atoms with van der Waals surface area (Å²) in [7, 11) is -1.44. The molecule has 0 aromatic carbocycles. The van der Waals surface area contributed by atoms with Gasteiger partial charge in [-0.2, -0.15) is 9.15 Å². The molecule has 0 aliphatic rings. The fourth-order valence-corrected chi connectivity index (χ4v) is 1.44. The molecule has 7 heteroatoms. The fraction of sp³-hybridized carbons (Fsp3) is 0.600. The van der Waals surface area contributed by atoms with Crippen molar-refractivity contribution < 1.29 is 28.2 Å². The van der Waals surface area contributed by atoms with Crippen molar-refractivity contribution in [1.29, 1.82) is 0 Å². The van der Waals surface area contributed by atoms with E-state index in [9.17, 15) is 4.80 Å². The standard InChI is InChI=1S/C5H12O6Si/c1-5(2)9-12(6,10-7-3)11-8-4/h6H,1H2,2-4H3. The molecule has 0 aliphatic carbocycles. The van der Waals surface area contributed by atoms with Crippen LogP contribution in [-0.4, -0.2) is 28.1 Å². The van der Waals surface area contributed by atoms with Crippen LogP contribution < -0.4 is 0 Å². The predicted molar refractivity (Wildman–Crippen MR) is 40.1 cm³/mol. The van der Waals surface area contributed by atoms with Crippen molar-refractivity contribution in [3.63, 3.8) is 0 Å². The molecule has 0 saturated heterocycles. The van der Waals surface area contributed by atoms with Gasteiger partial charge in [-0.05, 0) is 6.92 Å². The highest BCUT2D eigenvalue weighted by Gasteiger charge is 2.48. The highest BCUT2D eigenvalue weighted by atomic mass is 28.4. The molecule has 0 saturated carbocycles. The van der Waals surface area contributed by atoms with E-state index in [0.29, 0.717) is 0 Å².